The second-order valence-electron chi connectivity index (χ2n) is 6.73. The fourth-order valence-electron chi connectivity index (χ4n) is 3.96. The molecule has 1 N–H and O–H groups in total. The Balaban J connectivity index is 1.53. The first kappa shape index (κ1) is 16.3. The third-order valence-electron chi connectivity index (χ3n) is 5.30. The molecular formula is C17H30N6. The van der Waals surface area contributed by atoms with E-state index in [4.69, 9.17) is 0 Å². The van der Waals surface area contributed by atoms with E-state index < -0.39 is 0 Å². The van der Waals surface area contributed by atoms with Crippen molar-refractivity contribution >= 4 is 5.96 Å². The van der Waals surface area contributed by atoms with Crippen LogP contribution in [0.4, 0.5) is 0 Å². The van der Waals surface area contributed by atoms with Crippen LogP contribution in [0.25, 0.3) is 0 Å². The summed E-state index contributed by atoms with van der Waals surface area (Å²) in [4.78, 5) is 9.47. The first-order chi connectivity index (χ1) is 11.2. The lowest BCUT2D eigenvalue weighted by Gasteiger charge is -2.27. The molecule has 2 aliphatic heterocycles. The van der Waals surface area contributed by atoms with Crippen LogP contribution in [0.2, 0.25) is 0 Å². The standard InChI is InChI=1S/C17H30N6/c1-4-22-8-5-6-16(22)11-19-17(18-2)23-9-7-14(13-23)15-10-20-21(3)12-15/h10,12,14,16H,4-9,11,13H2,1-3H3,(H,18,19). The van der Waals surface area contributed by atoms with Crippen LogP contribution < -0.4 is 5.32 Å². The van der Waals surface area contributed by atoms with Gasteiger partial charge in [-0.25, -0.2) is 0 Å². The van der Waals surface area contributed by atoms with E-state index in [1.165, 1.54) is 31.4 Å². The van der Waals surface area contributed by atoms with E-state index in [0.29, 0.717) is 12.0 Å². The molecule has 6 nitrogen and oxygen atoms in total. The number of nitrogens with zero attached hydrogens (tertiary/aromatic N) is 5. The van der Waals surface area contributed by atoms with Crippen molar-refractivity contribution in [2.75, 3.05) is 39.8 Å². The number of hydrogen-bond donors (Lipinski definition) is 1. The molecule has 2 aliphatic rings. The molecule has 2 atom stereocenters. The molecule has 0 aromatic carbocycles. The summed E-state index contributed by atoms with van der Waals surface area (Å²) < 4.78 is 1.89. The number of hydrogen-bond acceptors (Lipinski definition) is 3. The van der Waals surface area contributed by atoms with Gasteiger partial charge in [-0.05, 0) is 37.9 Å². The number of aryl methyl sites for hydroxylation is 1. The van der Waals surface area contributed by atoms with E-state index in [0.717, 1.165) is 32.1 Å². The predicted molar refractivity (Wildman–Crippen MR) is 93.8 cm³/mol. The summed E-state index contributed by atoms with van der Waals surface area (Å²) in [5, 5.41) is 7.91. The minimum Gasteiger partial charge on any atom is -0.355 e. The van der Waals surface area contributed by atoms with Crippen LogP contribution in [0.3, 0.4) is 0 Å². The van der Waals surface area contributed by atoms with Gasteiger partial charge in [0.2, 0.25) is 0 Å². The molecule has 3 rings (SSSR count). The first-order valence-electron chi connectivity index (χ1n) is 8.89. The van der Waals surface area contributed by atoms with E-state index in [2.05, 4.69) is 38.3 Å². The first-order valence-corrected chi connectivity index (χ1v) is 8.89. The van der Waals surface area contributed by atoms with Crippen molar-refractivity contribution in [2.45, 2.75) is 38.1 Å². The van der Waals surface area contributed by atoms with E-state index in [-0.39, 0.29) is 0 Å². The summed E-state index contributed by atoms with van der Waals surface area (Å²) in [5.41, 5.74) is 1.35. The third kappa shape index (κ3) is 3.68. The molecule has 6 heteroatoms. The second-order valence-corrected chi connectivity index (χ2v) is 6.73. The Morgan fingerprint density at radius 2 is 2.26 bits per heavy atom. The van der Waals surface area contributed by atoms with Crippen molar-refractivity contribution < 1.29 is 0 Å². The van der Waals surface area contributed by atoms with Gasteiger partial charge in [0.1, 0.15) is 0 Å². The molecule has 1 aromatic heterocycles. The number of nitrogens with one attached hydrogen (secondary N) is 1. The van der Waals surface area contributed by atoms with Gasteiger partial charge in [0.25, 0.3) is 0 Å². The van der Waals surface area contributed by atoms with Gasteiger partial charge >= 0.3 is 0 Å². The van der Waals surface area contributed by atoms with Crippen LogP contribution in [-0.4, -0.2) is 71.4 Å². The quantitative estimate of drug-likeness (QED) is 0.671. The van der Waals surface area contributed by atoms with Gasteiger partial charge in [-0.1, -0.05) is 6.92 Å². The van der Waals surface area contributed by atoms with Crippen LogP contribution in [0.5, 0.6) is 0 Å². The van der Waals surface area contributed by atoms with Gasteiger partial charge in [-0.3, -0.25) is 14.6 Å². The summed E-state index contributed by atoms with van der Waals surface area (Å²) in [5.74, 6) is 1.63. The zero-order chi connectivity index (χ0) is 16.2. The van der Waals surface area contributed by atoms with Crippen LogP contribution >= 0.6 is 0 Å². The fourth-order valence-corrected chi connectivity index (χ4v) is 3.96. The Morgan fingerprint density at radius 3 is 2.96 bits per heavy atom. The van der Waals surface area contributed by atoms with Gasteiger partial charge in [0, 0.05) is 51.9 Å². The molecule has 128 valence electrons. The highest BCUT2D eigenvalue weighted by Crippen LogP contribution is 2.26. The Bertz CT molecular complexity index is 537. The molecule has 0 amide bonds. The smallest absolute Gasteiger partial charge is 0.193 e. The molecule has 23 heavy (non-hydrogen) atoms. The number of rotatable bonds is 4. The van der Waals surface area contributed by atoms with Crippen molar-refractivity contribution in [3.05, 3.63) is 18.0 Å². The third-order valence-corrected chi connectivity index (χ3v) is 5.30. The second kappa shape index (κ2) is 7.34. The van der Waals surface area contributed by atoms with Crippen LogP contribution in [0.15, 0.2) is 17.4 Å². The molecule has 1 aromatic rings. The highest BCUT2D eigenvalue weighted by atomic mass is 15.3. The maximum atomic E-state index is 4.51. The molecule has 0 spiro atoms. The van der Waals surface area contributed by atoms with Gasteiger partial charge in [-0.15, -0.1) is 0 Å². The Labute approximate surface area is 139 Å². The largest absolute Gasteiger partial charge is 0.355 e. The van der Waals surface area contributed by atoms with Crippen LogP contribution in [0, 0.1) is 0 Å². The normalized spacial score (nSPS) is 26.2. The Kier molecular flexibility index (Phi) is 5.20. The highest BCUT2D eigenvalue weighted by molar-refractivity contribution is 5.80. The Hall–Kier alpha value is -1.56. The van der Waals surface area contributed by atoms with Crippen molar-refractivity contribution in [3.63, 3.8) is 0 Å². The highest BCUT2D eigenvalue weighted by Gasteiger charge is 2.28. The van der Waals surface area contributed by atoms with Crippen LogP contribution in [-0.2, 0) is 7.05 Å². The number of likely N-dealkylation sites (N-methyl/N-ethyl adjacent to an activating group) is 1. The zero-order valence-corrected chi connectivity index (χ0v) is 14.7. The van der Waals surface area contributed by atoms with E-state index in [9.17, 15) is 0 Å². The lowest BCUT2D eigenvalue weighted by atomic mass is 10.0. The van der Waals surface area contributed by atoms with Crippen molar-refractivity contribution in [1.29, 1.82) is 0 Å². The summed E-state index contributed by atoms with van der Waals surface area (Å²) >= 11 is 0. The minimum atomic E-state index is 0.570. The zero-order valence-electron chi connectivity index (χ0n) is 14.7. The maximum Gasteiger partial charge on any atom is 0.193 e. The summed E-state index contributed by atoms with van der Waals surface area (Å²) in [6.07, 6.45) is 7.95. The monoisotopic (exact) mass is 318 g/mol. The fraction of sp³-hybridized carbons (Fsp3) is 0.765. The lowest BCUT2D eigenvalue weighted by Crippen LogP contribution is -2.46. The summed E-state index contributed by atoms with van der Waals surface area (Å²) in [7, 11) is 3.88. The average Bonchev–Trinajstić information content (AvgIpc) is 3.27. The maximum absolute atomic E-state index is 4.51. The molecular weight excluding hydrogens is 288 g/mol. The molecule has 2 fully saturated rings. The molecule has 2 unspecified atom stereocenters. The van der Waals surface area contributed by atoms with Crippen molar-refractivity contribution in [2.24, 2.45) is 12.0 Å². The molecule has 3 heterocycles. The average molecular weight is 318 g/mol. The molecule has 0 radical (unpaired) electrons. The van der Waals surface area contributed by atoms with Gasteiger partial charge in [-0.2, -0.15) is 5.10 Å². The van der Waals surface area contributed by atoms with Crippen molar-refractivity contribution in [1.82, 2.24) is 24.9 Å². The number of likely N-dealkylation sites (tertiary alicyclic amines) is 2. The molecule has 0 bridgehead atoms. The number of aromatic nitrogens is 2. The molecule has 0 saturated carbocycles. The summed E-state index contributed by atoms with van der Waals surface area (Å²) in [6.45, 7) is 7.77. The minimum absolute atomic E-state index is 0.570. The summed E-state index contributed by atoms with van der Waals surface area (Å²) in [6, 6.07) is 0.661. The lowest BCUT2D eigenvalue weighted by molar-refractivity contribution is 0.265. The topological polar surface area (TPSA) is 48.7 Å². The van der Waals surface area contributed by atoms with E-state index in [1.807, 2.05) is 25.0 Å². The molecule has 0 aliphatic carbocycles. The van der Waals surface area contributed by atoms with E-state index in [1.54, 1.807) is 0 Å². The SMILES string of the molecule is CCN1CCCC1CNC(=NC)N1CCC(c2cnn(C)c2)C1. The van der Waals surface area contributed by atoms with Crippen LogP contribution in [0.1, 0.15) is 37.7 Å². The van der Waals surface area contributed by atoms with Crippen molar-refractivity contribution in [3.8, 4) is 0 Å². The number of aliphatic imine (C=N–C) groups is 1. The predicted octanol–water partition coefficient (Wildman–Crippen LogP) is 1.27. The van der Waals surface area contributed by atoms with Gasteiger partial charge in [0.05, 0.1) is 6.20 Å². The Morgan fingerprint density at radius 1 is 1.39 bits per heavy atom. The van der Waals surface area contributed by atoms with E-state index >= 15 is 0 Å². The molecule has 2 saturated heterocycles. The van der Waals surface area contributed by atoms with Gasteiger partial charge in [0.15, 0.2) is 5.96 Å². The number of guanidine groups is 1. The van der Waals surface area contributed by atoms with Gasteiger partial charge < -0.3 is 10.2 Å².